The van der Waals surface area contributed by atoms with Crippen LogP contribution in [0.25, 0.3) is 10.8 Å². The summed E-state index contributed by atoms with van der Waals surface area (Å²) in [5.74, 6) is 0.579. The number of methoxy groups -OCH3 is 1. The lowest BCUT2D eigenvalue weighted by atomic mass is 10.1. The van der Waals surface area contributed by atoms with Gasteiger partial charge in [-0.15, -0.1) is 0 Å². The number of ether oxygens (including phenoxy) is 3. The molecule has 0 bridgehead atoms. The number of hydrogen-bond donors (Lipinski definition) is 1. The fourth-order valence-corrected chi connectivity index (χ4v) is 3.78. The minimum absolute atomic E-state index is 0.289. The second-order valence-electron chi connectivity index (χ2n) is 7.77. The highest BCUT2D eigenvalue weighted by atomic mass is 79.9. The van der Waals surface area contributed by atoms with Gasteiger partial charge in [0, 0.05) is 15.4 Å². The number of amides is 1. The zero-order valence-electron chi connectivity index (χ0n) is 19.6. The average Bonchev–Trinajstić information content (AvgIpc) is 2.90. The number of nitrogens with zero attached hydrogens (tertiary/aromatic N) is 1. The predicted molar refractivity (Wildman–Crippen MR) is 142 cm³/mol. The smallest absolute Gasteiger partial charge is 0.343 e. The summed E-state index contributed by atoms with van der Waals surface area (Å²) < 4.78 is 17.3. The summed E-state index contributed by atoms with van der Waals surface area (Å²) >= 11 is 3.40. The fraction of sp³-hybridized carbons (Fsp3) is 0.107. The molecule has 0 aliphatic carbocycles. The van der Waals surface area contributed by atoms with Crippen LogP contribution in [0.2, 0.25) is 0 Å². The van der Waals surface area contributed by atoms with Crippen molar-refractivity contribution >= 4 is 44.8 Å². The number of benzene rings is 4. The summed E-state index contributed by atoms with van der Waals surface area (Å²) in [6, 6.07) is 25.2. The van der Waals surface area contributed by atoms with E-state index >= 15 is 0 Å². The van der Waals surface area contributed by atoms with Crippen molar-refractivity contribution in [2.75, 3.05) is 7.11 Å². The van der Waals surface area contributed by atoms with Gasteiger partial charge in [0.2, 0.25) is 0 Å². The number of nitrogens with one attached hydrogen (secondary N) is 1. The maximum absolute atomic E-state index is 12.6. The van der Waals surface area contributed by atoms with E-state index < -0.39 is 18.0 Å². The van der Waals surface area contributed by atoms with Gasteiger partial charge in [0.25, 0.3) is 5.91 Å². The zero-order chi connectivity index (χ0) is 25.5. The molecule has 0 fully saturated rings. The Labute approximate surface area is 216 Å². The molecule has 8 heteroatoms. The Bertz CT molecular complexity index is 1410. The number of fused-ring (bicyclic) bond motifs is 1. The van der Waals surface area contributed by atoms with Crippen molar-refractivity contribution in [2.45, 2.75) is 13.0 Å². The number of carbonyl (C=O) groups excluding carboxylic acids is 2. The van der Waals surface area contributed by atoms with Gasteiger partial charge >= 0.3 is 5.97 Å². The summed E-state index contributed by atoms with van der Waals surface area (Å²) in [5, 5.41) is 5.98. The van der Waals surface area contributed by atoms with Crippen molar-refractivity contribution in [1.29, 1.82) is 0 Å². The van der Waals surface area contributed by atoms with Crippen LogP contribution in [0.15, 0.2) is 94.5 Å². The monoisotopic (exact) mass is 546 g/mol. The highest BCUT2D eigenvalue weighted by Gasteiger charge is 2.16. The number of hydrazone groups is 1. The lowest BCUT2D eigenvalue weighted by Crippen LogP contribution is -2.33. The Morgan fingerprint density at radius 1 is 0.944 bits per heavy atom. The lowest BCUT2D eigenvalue weighted by Gasteiger charge is -2.14. The SMILES string of the molecule is COc1ccc(C(=O)Oc2ccc(Br)cc2/C=N/NC(=O)C(C)Oc2cccc3ccccc23)cc1. The van der Waals surface area contributed by atoms with Crippen molar-refractivity contribution in [2.24, 2.45) is 5.10 Å². The van der Waals surface area contributed by atoms with Crippen LogP contribution in [-0.2, 0) is 4.79 Å². The highest BCUT2D eigenvalue weighted by molar-refractivity contribution is 9.10. The molecule has 4 rings (SSSR count). The van der Waals surface area contributed by atoms with E-state index in [1.165, 1.54) is 6.21 Å². The molecule has 0 aliphatic rings. The highest BCUT2D eigenvalue weighted by Crippen LogP contribution is 2.26. The van der Waals surface area contributed by atoms with Gasteiger partial charge in [-0.3, -0.25) is 4.79 Å². The maximum atomic E-state index is 12.6. The fourth-order valence-electron chi connectivity index (χ4n) is 3.40. The summed E-state index contributed by atoms with van der Waals surface area (Å²) in [5.41, 5.74) is 3.34. The maximum Gasteiger partial charge on any atom is 0.343 e. The molecule has 182 valence electrons. The van der Waals surface area contributed by atoms with Gasteiger partial charge in [0.15, 0.2) is 6.10 Å². The van der Waals surface area contributed by atoms with Crippen LogP contribution in [0.1, 0.15) is 22.8 Å². The molecule has 1 N–H and O–H groups in total. The van der Waals surface area contributed by atoms with E-state index in [2.05, 4.69) is 26.5 Å². The van der Waals surface area contributed by atoms with Gasteiger partial charge < -0.3 is 14.2 Å². The first-order chi connectivity index (χ1) is 17.4. The molecule has 1 amide bonds. The van der Waals surface area contributed by atoms with Crippen molar-refractivity contribution in [3.8, 4) is 17.2 Å². The van der Waals surface area contributed by atoms with E-state index in [-0.39, 0.29) is 5.75 Å². The molecule has 0 aliphatic heterocycles. The van der Waals surface area contributed by atoms with Gasteiger partial charge in [0.05, 0.1) is 18.9 Å². The number of hydrogen-bond acceptors (Lipinski definition) is 6. The molecule has 0 heterocycles. The number of halogens is 1. The van der Waals surface area contributed by atoms with Crippen LogP contribution in [0, 0.1) is 0 Å². The Kier molecular flexibility index (Phi) is 7.97. The first-order valence-corrected chi connectivity index (χ1v) is 11.9. The third kappa shape index (κ3) is 6.09. The van der Waals surface area contributed by atoms with Gasteiger partial charge in [-0.05, 0) is 60.8 Å². The summed E-state index contributed by atoms with van der Waals surface area (Å²) in [6.07, 6.45) is 0.618. The van der Waals surface area contributed by atoms with E-state index in [1.807, 2.05) is 42.5 Å². The Balaban J connectivity index is 1.42. The van der Waals surface area contributed by atoms with E-state index in [1.54, 1.807) is 56.5 Å². The Morgan fingerprint density at radius 3 is 2.47 bits per heavy atom. The molecule has 4 aromatic rings. The van der Waals surface area contributed by atoms with Crippen LogP contribution in [0.4, 0.5) is 0 Å². The number of rotatable bonds is 8. The quantitative estimate of drug-likeness (QED) is 0.132. The number of esters is 1. The zero-order valence-corrected chi connectivity index (χ0v) is 21.2. The molecule has 4 aromatic carbocycles. The van der Waals surface area contributed by atoms with Crippen LogP contribution in [0.3, 0.4) is 0 Å². The Hall–Kier alpha value is -4.17. The summed E-state index contributed by atoms with van der Waals surface area (Å²) in [7, 11) is 1.55. The van der Waals surface area contributed by atoms with Gasteiger partial charge in [-0.2, -0.15) is 5.10 Å². The molecule has 0 saturated heterocycles. The summed E-state index contributed by atoms with van der Waals surface area (Å²) in [4.78, 5) is 25.2. The van der Waals surface area contributed by atoms with E-state index in [0.29, 0.717) is 22.6 Å². The molecule has 1 unspecified atom stereocenters. The first-order valence-electron chi connectivity index (χ1n) is 11.1. The normalized spacial score (nSPS) is 11.8. The molecule has 0 radical (unpaired) electrons. The number of carbonyl (C=O) groups is 2. The second-order valence-corrected chi connectivity index (χ2v) is 8.69. The van der Waals surface area contributed by atoms with Crippen LogP contribution < -0.4 is 19.6 Å². The average molecular weight is 547 g/mol. The van der Waals surface area contributed by atoms with Crippen molar-refractivity contribution in [1.82, 2.24) is 5.43 Å². The van der Waals surface area contributed by atoms with Gasteiger partial charge in [-0.1, -0.05) is 52.3 Å². The van der Waals surface area contributed by atoms with E-state index in [4.69, 9.17) is 14.2 Å². The van der Waals surface area contributed by atoms with Gasteiger partial charge in [-0.25, -0.2) is 10.2 Å². The van der Waals surface area contributed by atoms with Gasteiger partial charge in [0.1, 0.15) is 17.2 Å². The Morgan fingerprint density at radius 2 is 1.69 bits per heavy atom. The van der Waals surface area contributed by atoms with E-state index in [0.717, 1.165) is 15.2 Å². The standard InChI is InChI=1S/C28H23BrN2O5/c1-18(35-26-9-5-7-19-6-3-4-8-24(19)26)27(32)31-30-17-21-16-22(29)12-15-25(21)36-28(33)20-10-13-23(34-2)14-11-20/h3-18H,1-2H3,(H,31,32)/b30-17+. The van der Waals surface area contributed by atoms with Crippen LogP contribution in [-0.4, -0.2) is 31.3 Å². The molecule has 1 atom stereocenters. The largest absolute Gasteiger partial charge is 0.497 e. The third-order valence-electron chi connectivity index (χ3n) is 5.30. The molecule has 7 nitrogen and oxygen atoms in total. The summed E-state index contributed by atoms with van der Waals surface area (Å²) in [6.45, 7) is 1.65. The van der Waals surface area contributed by atoms with Crippen LogP contribution >= 0.6 is 15.9 Å². The van der Waals surface area contributed by atoms with Crippen molar-refractivity contribution in [3.63, 3.8) is 0 Å². The molecule has 0 spiro atoms. The molecule has 0 saturated carbocycles. The third-order valence-corrected chi connectivity index (χ3v) is 5.79. The molecular formula is C28H23BrN2O5. The second kappa shape index (κ2) is 11.5. The lowest BCUT2D eigenvalue weighted by molar-refractivity contribution is -0.127. The first kappa shape index (κ1) is 24.9. The van der Waals surface area contributed by atoms with Crippen LogP contribution in [0.5, 0.6) is 17.2 Å². The predicted octanol–water partition coefficient (Wildman–Crippen LogP) is 5.75. The molecule has 36 heavy (non-hydrogen) atoms. The molecular weight excluding hydrogens is 524 g/mol. The topological polar surface area (TPSA) is 86.2 Å². The van der Waals surface area contributed by atoms with Crippen molar-refractivity contribution in [3.05, 3.63) is 101 Å². The van der Waals surface area contributed by atoms with Crippen molar-refractivity contribution < 1.29 is 23.8 Å². The molecule has 0 aromatic heterocycles. The van der Waals surface area contributed by atoms with E-state index in [9.17, 15) is 9.59 Å². The minimum atomic E-state index is -0.789. The minimum Gasteiger partial charge on any atom is -0.497 e.